The SMILES string of the molecule is COCCNC(=O)c1cc(NS(=O)(=O)c2ccc(CC(C)C)cc2)ccc1N1CCNCC1. The number of amides is 1. The van der Waals surface area contributed by atoms with E-state index in [2.05, 4.69) is 34.1 Å². The van der Waals surface area contributed by atoms with Gasteiger partial charge in [0.05, 0.1) is 17.1 Å². The lowest BCUT2D eigenvalue weighted by Crippen LogP contribution is -2.44. The average Bonchev–Trinajstić information content (AvgIpc) is 2.79. The van der Waals surface area contributed by atoms with Crippen LogP contribution in [0.5, 0.6) is 0 Å². The van der Waals surface area contributed by atoms with Gasteiger partial charge in [-0.15, -0.1) is 0 Å². The largest absolute Gasteiger partial charge is 0.383 e. The molecule has 1 heterocycles. The van der Waals surface area contributed by atoms with E-state index in [1.54, 1.807) is 37.4 Å². The third kappa shape index (κ3) is 6.93. The van der Waals surface area contributed by atoms with Crippen LogP contribution in [0.1, 0.15) is 29.8 Å². The van der Waals surface area contributed by atoms with E-state index in [-0.39, 0.29) is 10.8 Å². The standard InChI is InChI=1S/C24H34N4O4S/c1-18(2)16-19-4-7-21(8-5-19)33(30,31)27-20-6-9-23(28-13-10-25-11-14-28)22(17-20)24(29)26-12-15-32-3/h4-9,17-18,25,27H,10-16H2,1-3H3,(H,26,29). The molecule has 0 radical (unpaired) electrons. The van der Waals surface area contributed by atoms with E-state index < -0.39 is 10.0 Å². The molecule has 0 atom stereocenters. The summed E-state index contributed by atoms with van der Waals surface area (Å²) < 4.78 is 33.6. The van der Waals surface area contributed by atoms with Crippen LogP contribution in [0.25, 0.3) is 0 Å². The first kappa shape index (κ1) is 25.0. The monoisotopic (exact) mass is 474 g/mol. The highest BCUT2D eigenvalue weighted by Gasteiger charge is 2.21. The van der Waals surface area contributed by atoms with Crippen LogP contribution in [0.15, 0.2) is 47.4 Å². The highest BCUT2D eigenvalue weighted by molar-refractivity contribution is 7.92. The minimum absolute atomic E-state index is 0.187. The highest BCUT2D eigenvalue weighted by Crippen LogP contribution is 2.27. The van der Waals surface area contributed by atoms with Crippen LogP contribution < -0.4 is 20.3 Å². The lowest BCUT2D eigenvalue weighted by Gasteiger charge is -2.31. The molecule has 3 N–H and O–H groups in total. The van der Waals surface area contributed by atoms with E-state index in [9.17, 15) is 13.2 Å². The maximum atomic E-state index is 13.0. The van der Waals surface area contributed by atoms with Gasteiger partial charge in [0.2, 0.25) is 0 Å². The molecule has 1 amide bonds. The van der Waals surface area contributed by atoms with Gasteiger partial charge >= 0.3 is 0 Å². The molecule has 180 valence electrons. The van der Waals surface area contributed by atoms with Crippen molar-refractivity contribution in [3.05, 3.63) is 53.6 Å². The van der Waals surface area contributed by atoms with Crippen molar-refractivity contribution in [2.24, 2.45) is 5.92 Å². The second-order valence-corrected chi connectivity index (χ2v) is 10.2. The number of nitrogens with zero attached hydrogens (tertiary/aromatic N) is 1. The van der Waals surface area contributed by atoms with Crippen molar-refractivity contribution in [2.75, 3.05) is 56.1 Å². The normalized spacial score (nSPS) is 14.4. The van der Waals surface area contributed by atoms with Gasteiger partial charge in [0.15, 0.2) is 0 Å². The quantitative estimate of drug-likeness (QED) is 0.458. The Bertz CT molecular complexity index is 1030. The lowest BCUT2D eigenvalue weighted by molar-refractivity contribution is 0.0937. The van der Waals surface area contributed by atoms with Crippen LogP contribution in [0.2, 0.25) is 0 Å². The van der Waals surface area contributed by atoms with Gasteiger partial charge in [-0.3, -0.25) is 9.52 Å². The molecule has 0 aliphatic carbocycles. The minimum atomic E-state index is -3.78. The van der Waals surface area contributed by atoms with E-state index in [1.165, 1.54) is 0 Å². The molecule has 0 spiro atoms. The maximum absolute atomic E-state index is 13.0. The molecule has 1 aliphatic rings. The Balaban J connectivity index is 1.84. The van der Waals surface area contributed by atoms with E-state index in [0.717, 1.165) is 43.9 Å². The number of rotatable bonds is 10. The minimum Gasteiger partial charge on any atom is -0.383 e. The first-order chi connectivity index (χ1) is 15.8. The molecule has 2 aromatic rings. The molecule has 0 bridgehead atoms. The molecule has 33 heavy (non-hydrogen) atoms. The Hall–Kier alpha value is -2.62. The zero-order valence-corrected chi connectivity index (χ0v) is 20.4. The van der Waals surface area contributed by atoms with Crippen molar-refractivity contribution < 1.29 is 17.9 Å². The fraction of sp³-hybridized carbons (Fsp3) is 0.458. The molecule has 1 aliphatic heterocycles. The molecule has 0 saturated carbocycles. The fourth-order valence-electron chi connectivity index (χ4n) is 3.81. The fourth-order valence-corrected chi connectivity index (χ4v) is 4.86. The lowest BCUT2D eigenvalue weighted by atomic mass is 10.0. The first-order valence-corrected chi connectivity index (χ1v) is 12.8. The van der Waals surface area contributed by atoms with Gasteiger partial charge in [-0.1, -0.05) is 26.0 Å². The molecule has 0 aromatic heterocycles. The van der Waals surface area contributed by atoms with Crippen molar-refractivity contribution in [1.82, 2.24) is 10.6 Å². The van der Waals surface area contributed by atoms with Gasteiger partial charge in [0, 0.05) is 51.2 Å². The smallest absolute Gasteiger partial charge is 0.261 e. The van der Waals surface area contributed by atoms with Crippen LogP contribution in [-0.4, -0.2) is 60.8 Å². The molecule has 1 saturated heterocycles. The van der Waals surface area contributed by atoms with Gasteiger partial charge < -0.3 is 20.3 Å². The third-order valence-electron chi connectivity index (χ3n) is 5.42. The first-order valence-electron chi connectivity index (χ1n) is 11.3. The van der Waals surface area contributed by atoms with Gasteiger partial charge in [-0.05, 0) is 48.2 Å². The predicted molar refractivity (Wildman–Crippen MR) is 132 cm³/mol. The van der Waals surface area contributed by atoms with Crippen LogP contribution >= 0.6 is 0 Å². The summed E-state index contributed by atoms with van der Waals surface area (Å²) in [6.07, 6.45) is 0.892. The van der Waals surface area contributed by atoms with E-state index in [1.807, 2.05) is 12.1 Å². The number of hydrogen-bond acceptors (Lipinski definition) is 6. The number of benzene rings is 2. The molecule has 2 aromatic carbocycles. The topological polar surface area (TPSA) is 99.8 Å². The van der Waals surface area contributed by atoms with Crippen molar-refractivity contribution in [3.63, 3.8) is 0 Å². The molecule has 0 unspecified atom stereocenters. The van der Waals surface area contributed by atoms with E-state index in [4.69, 9.17) is 4.74 Å². The molecule has 3 rings (SSSR count). The Labute approximate surface area is 196 Å². The van der Waals surface area contributed by atoms with Crippen molar-refractivity contribution >= 4 is 27.3 Å². The maximum Gasteiger partial charge on any atom is 0.261 e. The number of sulfonamides is 1. The summed E-state index contributed by atoms with van der Waals surface area (Å²) in [5.41, 5.74) is 2.66. The summed E-state index contributed by atoms with van der Waals surface area (Å²) in [4.78, 5) is 15.2. The summed E-state index contributed by atoms with van der Waals surface area (Å²) in [6, 6.07) is 12.0. The zero-order valence-electron chi connectivity index (χ0n) is 19.6. The van der Waals surface area contributed by atoms with Crippen molar-refractivity contribution in [1.29, 1.82) is 0 Å². The van der Waals surface area contributed by atoms with Crippen LogP contribution in [0, 0.1) is 5.92 Å². The van der Waals surface area contributed by atoms with E-state index in [0.29, 0.717) is 30.3 Å². The average molecular weight is 475 g/mol. The van der Waals surface area contributed by atoms with Crippen LogP contribution in [-0.2, 0) is 21.2 Å². The Morgan fingerprint density at radius 2 is 1.82 bits per heavy atom. The van der Waals surface area contributed by atoms with E-state index >= 15 is 0 Å². The van der Waals surface area contributed by atoms with Crippen LogP contribution in [0.4, 0.5) is 11.4 Å². The molecular formula is C24H34N4O4S. The van der Waals surface area contributed by atoms with Gasteiger partial charge in [-0.25, -0.2) is 8.42 Å². The summed E-state index contributed by atoms with van der Waals surface area (Å²) in [7, 11) is -2.21. The van der Waals surface area contributed by atoms with Crippen molar-refractivity contribution in [3.8, 4) is 0 Å². The Kier molecular flexibility index (Phi) is 8.71. The number of nitrogens with one attached hydrogen (secondary N) is 3. The second kappa shape index (κ2) is 11.5. The molecular weight excluding hydrogens is 440 g/mol. The number of piperazine rings is 1. The highest BCUT2D eigenvalue weighted by atomic mass is 32.2. The molecule has 1 fully saturated rings. The van der Waals surface area contributed by atoms with Crippen LogP contribution in [0.3, 0.4) is 0 Å². The second-order valence-electron chi connectivity index (χ2n) is 8.57. The number of ether oxygens (including phenoxy) is 1. The van der Waals surface area contributed by atoms with Gasteiger partial charge in [0.1, 0.15) is 0 Å². The summed E-state index contributed by atoms with van der Waals surface area (Å²) in [6.45, 7) is 8.21. The van der Waals surface area contributed by atoms with Gasteiger partial charge in [-0.2, -0.15) is 0 Å². The number of methoxy groups -OCH3 is 1. The Morgan fingerprint density at radius 3 is 2.45 bits per heavy atom. The molecule has 9 heteroatoms. The summed E-state index contributed by atoms with van der Waals surface area (Å²) in [5, 5.41) is 6.14. The number of anilines is 2. The third-order valence-corrected chi connectivity index (χ3v) is 6.82. The summed E-state index contributed by atoms with van der Waals surface area (Å²) in [5.74, 6) is 0.230. The van der Waals surface area contributed by atoms with Gasteiger partial charge in [0.25, 0.3) is 15.9 Å². The number of carbonyl (C=O) groups excluding carboxylic acids is 1. The summed E-state index contributed by atoms with van der Waals surface area (Å²) >= 11 is 0. The van der Waals surface area contributed by atoms with Crippen molar-refractivity contribution in [2.45, 2.75) is 25.2 Å². The Morgan fingerprint density at radius 1 is 1.12 bits per heavy atom. The molecule has 8 nitrogen and oxygen atoms in total. The number of hydrogen-bond donors (Lipinski definition) is 3. The predicted octanol–water partition coefficient (Wildman–Crippen LogP) is 2.47. The zero-order chi connectivity index (χ0) is 23.8. The number of carbonyl (C=O) groups is 1.